The molecule has 0 spiro atoms. The predicted octanol–water partition coefficient (Wildman–Crippen LogP) is 4.68. The fourth-order valence-electron chi connectivity index (χ4n) is 1.66. The molecule has 106 valence electrons. The summed E-state index contributed by atoms with van der Waals surface area (Å²) in [5.41, 5.74) is 0. The summed E-state index contributed by atoms with van der Waals surface area (Å²) in [6.45, 7) is 0. The SMILES string of the molecule is O=C1NC(=S)S/C1=C/c1cc(Br)c(Sc2ccccc2)o1. The highest BCUT2D eigenvalue weighted by atomic mass is 79.9. The second-order valence-electron chi connectivity index (χ2n) is 4.05. The van der Waals surface area contributed by atoms with Crippen molar-refractivity contribution in [3.05, 3.63) is 51.5 Å². The van der Waals surface area contributed by atoms with Crippen molar-refractivity contribution < 1.29 is 9.21 Å². The Hall–Kier alpha value is -1.02. The maximum atomic E-state index is 11.6. The minimum Gasteiger partial charge on any atom is -0.449 e. The van der Waals surface area contributed by atoms with Crippen molar-refractivity contribution in [1.29, 1.82) is 0 Å². The normalized spacial score (nSPS) is 16.5. The zero-order chi connectivity index (χ0) is 14.8. The van der Waals surface area contributed by atoms with E-state index in [9.17, 15) is 4.79 Å². The van der Waals surface area contributed by atoms with Gasteiger partial charge in [0.2, 0.25) is 0 Å². The fraction of sp³-hybridized carbons (Fsp3) is 0. The number of hydrogen-bond acceptors (Lipinski definition) is 5. The molecular weight excluding hydrogens is 390 g/mol. The molecule has 2 heterocycles. The molecule has 0 radical (unpaired) electrons. The van der Waals surface area contributed by atoms with E-state index in [-0.39, 0.29) is 5.91 Å². The Morgan fingerprint density at radius 3 is 2.76 bits per heavy atom. The standard InChI is InChI=1S/C14H8BrNO2S3/c15-10-6-8(7-11-12(17)16-14(19)21-11)18-13(10)20-9-4-2-1-3-5-9/h1-7H,(H,16,17,19)/b11-7+. The number of carbonyl (C=O) groups excluding carboxylic acids is 1. The first kappa shape index (κ1) is 14.9. The van der Waals surface area contributed by atoms with Gasteiger partial charge in [0, 0.05) is 11.0 Å². The summed E-state index contributed by atoms with van der Waals surface area (Å²) in [4.78, 5) is 13.2. The van der Waals surface area contributed by atoms with Crippen LogP contribution in [0.15, 0.2) is 60.2 Å². The highest BCUT2D eigenvalue weighted by molar-refractivity contribution is 9.10. The van der Waals surface area contributed by atoms with Crippen LogP contribution in [-0.4, -0.2) is 10.2 Å². The molecule has 0 saturated carbocycles. The molecule has 3 rings (SSSR count). The third-order valence-electron chi connectivity index (χ3n) is 2.54. The van der Waals surface area contributed by atoms with Gasteiger partial charge in [0.15, 0.2) is 5.09 Å². The average Bonchev–Trinajstić information content (AvgIpc) is 2.94. The quantitative estimate of drug-likeness (QED) is 0.601. The number of halogens is 1. The van der Waals surface area contributed by atoms with E-state index in [4.69, 9.17) is 16.6 Å². The highest BCUT2D eigenvalue weighted by Crippen LogP contribution is 2.37. The van der Waals surface area contributed by atoms with E-state index < -0.39 is 0 Å². The van der Waals surface area contributed by atoms with Gasteiger partial charge in [0.05, 0.1) is 9.38 Å². The topological polar surface area (TPSA) is 42.2 Å². The van der Waals surface area contributed by atoms with Gasteiger partial charge in [-0.15, -0.1) is 0 Å². The van der Waals surface area contributed by atoms with E-state index in [1.165, 1.54) is 23.5 Å². The molecule has 1 aliphatic heterocycles. The Bertz CT molecular complexity index is 740. The summed E-state index contributed by atoms with van der Waals surface area (Å²) in [7, 11) is 0. The summed E-state index contributed by atoms with van der Waals surface area (Å²) in [6.07, 6.45) is 1.69. The second-order valence-corrected chi connectivity index (χ2v) is 7.67. The lowest BCUT2D eigenvalue weighted by Gasteiger charge is -1.97. The lowest BCUT2D eigenvalue weighted by Crippen LogP contribution is -2.17. The Kier molecular flexibility index (Phi) is 4.54. The Morgan fingerprint density at radius 2 is 2.10 bits per heavy atom. The van der Waals surface area contributed by atoms with Crippen LogP contribution in [-0.2, 0) is 4.79 Å². The first-order chi connectivity index (χ1) is 10.1. The average molecular weight is 398 g/mol. The molecule has 0 bridgehead atoms. The van der Waals surface area contributed by atoms with Crippen LogP contribution >= 0.6 is 51.7 Å². The lowest BCUT2D eigenvalue weighted by molar-refractivity contribution is -0.115. The number of nitrogens with one attached hydrogen (secondary N) is 1. The molecule has 21 heavy (non-hydrogen) atoms. The number of carbonyl (C=O) groups is 1. The van der Waals surface area contributed by atoms with E-state index >= 15 is 0 Å². The molecule has 1 amide bonds. The molecule has 1 aromatic carbocycles. The van der Waals surface area contributed by atoms with Gasteiger partial charge in [0.1, 0.15) is 10.1 Å². The van der Waals surface area contributed by atoms with Crippen molar-refractivity contribution >= 4 is 68.0 Å². The van der Waals surface area contributed by atoms with Gasteiger partial charge < -0.3 is 9.73 Å². The summed E-state index contributed by atoms with van der Waals surface area (Å²) in [6, 6.07) is 11.8. The van der Waals surface area contributed by atoms with E-state index in [0.29, 0.717) is 15.0 Å². The molecule has 1 N–H and O–H groups in total. The third-order valence-corrected chi connectivity index (χ3v) is 5.55. The summed E-state index contributed by atoms with van der Waals surface area (Å²) in [5, 5.41) is 3.33. The monoisotopic (exact) mass is 397 g/mol. The zero-order valence-electron chi connectivity index (χ0n) is 10.5. The van der Waals surface area contributed by atoms with Gasteiger partial charge in [-0.25, -0.2) is 0 Å². The number of furan rings is 1. The zero-order valence-corrected chi connectivity index (χ0v) is 14.5. The summed E-state index contributed by atoms with van der Waals surface area (Å²) >= 11 is 11.2. The van der Waals surface area contributed by atoms with Crippen molar-refractivity contribution in [2.24, 2.45) is 0 Å². The fourth-order valence-corrected chi connectivity index (χ4v) is 4.03. The van der Waals surface area contributed by atoms with E-state index in [0.717, 1.165) is 14.5 Å². The van der Waals surface area contributed by atoms with Gasteiger partial charge in [-0.05, 0) is 34.1 Å². The van der Waals surface area contributed by atoms with Crippen molar-refractivity contribution in [2.75, 3.05) is 0 Å². The van der Waals surface area contributed by atoms with Crippen molar-refractivity contribution in [3.63, 3.8) is 0 Å². The smallest absolute Gasteiger partial charge is 0.263 e. The predicted molar refractivity (Wildman–Crippen MR) is 93.3 cm³/mol. The van der Waals surface area contributed by atoms with Crippen LogP contribution in [0.4, 0.5) is 0 Å². The number of benzene rings is 1. The molecule has 0 atom stereocenters. The molecular formula is C14H8BrNO2S3. The number of rotatable bonds is 3. The molecule has 7 heteroatoms. The number of thiocarbonyl (C=S) groups is 1. The van der Waals surface area contributed by atoms with Crippen molar-refractivity contribution in [2.45, 2.75) is 9.99 Å². The molecule has 1 aromatic heterocycles. The van der Waals surface area contributed by atoms with Crippen molar-refractivity contribution in [1.82, 2.24) is 5.32 Å². The van der Waals surface area contributed by atoms with Gasteiger partial charge in [-0.1, -0.05) is 53.9 Å². The Balaban J connectivity index is 1.83. The maximum absolute atomic E-state index is 11.6. The lowest BCUT2D eigenvalue weighted by atomic mass is 10.4. The van der Waals surface area contributed by atoms with Gasteiger partial charge >= 0.3 is 0 Å². The number of hydrogen-bond donors (Lipinski definition) is 1. The van der Waals surface area contributed by atoms with Crippen LogP contribution in [0.3, 0.4) is 0 Å². The summed E-state index contributed by atoms with van der Waals surface area (Å²) in [5.74, 6) is 0.428. The minimum absolute atomic E-state index is 0.185. The van der Waals surface area contributed by atoms with Gasteiger partial charge in [-0.3, -0.25) is 4.79 Å². The van der Waals surface area contributed by atoms with Crippen molar-refractivity contribution in [3.8, 4) is 0 Å². The molecule has 1 saturated heterocycles. The molecule has 1 aliphatic rings. The van der Waals surface area contributed by atoms with Crippen LogP contribution in [0.1, 0.15) is 5.76 Å². The molecule has 2 aromatic rings. The first-order valence-electron chi connectivity index (χ1n) is 5.89. The largest absolute Gasteiger partial charge is 0.449 e. The maximum Gasteiger partial charge on any atom is 0.263 e. The Labute approximate surface area is 143 Å². The van der Waals surface area contributed by atoms with E-state index in [1.54, 1.807) is 6.08 Å². The Morgan fingerprint density at radius 1 is 1.33 bits per heavy atom. The number of amides is 1. The second kappa shape index (κ2) is 6.39. The van der Waals surface area contributed by atoms with Crippen LogP contribution in [0, 0.1) is 0 Å². The van der Waals surface area contributed by atoms with Crippen LogP contribution in [0.5, 0.6) is 0 Å². The molecule has 0 unspecified atom stereocenters. The van der Waals surface area contributed by atoms with Crippen LogP contribution < -0.4 is 5.32 Å². The first-order valence-corrected chi connectivity index (χ1v) is 8.72. The number of thioether (sulfide) groups is 1. The summed E-state index contributed by atoms with van der Waals surface area (Å²) < 4.78 is 7.09. The van der Waals surface area contributed by atoms with Gasteiger partial charge in [-0.2, -0.15) is 0 Å². The highest BCUT2D eigenvalue weighted by Gasteiger charge is 2.23. The molecule has 0 aliphatic carbocycles. The van der Waals surface area contributed by atoms with Gasteiger partial charge in [0.25, 0.3) is 5.91 Å². The third kappa shape index (κ3) is 3.60. The van der Waals surface area contributed by atoms with Crippen LogP contribution in [0.2, 0.25) is 0 Å². The van der Waals surface area contributed by atoms with E-state index in [2.05, 4.69) is 21.2 Å². The van der Waals surface area contributed by atoms with E-state index in [1.807, 2.05) is 36.4 Å². The van der Waals surface area contributed by atoms with Crippen LogP contribution in [0.25, 0.3) is 6.08 Å². The molecule has 3 nitrogen and oxygen atoms in total. The molecule has 1 fully saturated rings. The minimum atomic E-state index is -0.185.